The Balaban J connectivity index is 1.67. The molecule has 2 rings (SSSR count). The lowest BCUT2D eigenvalue weighted by atomic mass is 9.96. The molecule has 0 saturated carbocycles. The zero-order valence-electron chi connectivity index (χ0n) is 10.8. The largest absolute Gasteiger partial charge is 0.355 e. The van der Waals surface area contributed by atoms with Crippen LogP contribution in [-0.2, 0) is 4.79 Å². The van der Waals surface area contributed by atoms with Gasteiger partial charge in [-0.2, -0.15) is 0 Å². The fraction of sp³-hybridized carbons (Fsp3) is 0.786. The van der Waals surface area contributed by atoms with Gasteiger partial charge in [0.25, 0.3) is 0 Å². The van der Waals surface area contributed by atoms with Crippen LogP contribution in [0.25, 0.3) is 0 Å². The van der Waals surface area contributed by atoms with Crippen molar-refractivity contribution in [1.82, 2.24) is 10.6 Å². The van der Waals surface area contributed by atoms with Gasteiger partial charge in [0.1, 0.15) is 0 Å². The number of hydrogen-bond acceptors (Lipinski definition) is 2. The van der Waals surface area contributed by atoms with Gasteiger partial charge in [0.2, 0.25) is 5.91 Å². The van der Waals surface area contributed by atoms with E-state index >= 15 is 0 Å². The van der Waals surface area contributed by atoms with E-state index in [1.165, 1.54) is 31.3 Å². The maximum atomic E-state index is 11.9. The molecule has 1 amide bonds. The molecule has 0 aromatic rings. The summed E-state index contributed by atoms with van der Waals surface area (Å²) in [5.74, 6) is 0.887. The van der Waals surface area contributed by atoms with Crippen molar-refractivity contribution in [1.29, 1.82) is 0 Å². The van der Waals surface area contributed by atoms with E-state index in [-0.39, 0.29) is 11.8 Å². The number of amides is 1. The summed E-state index contributed by atoms with van der Waals surface area (Å²) in [6.07, 6.45) is 8.52. The van der Waals surface area contributed by atoms with Crippen molar-refractivity contribution in [3.05, 3.63) is 11.6 Å². The van der Waals surface area contributed by atoms with Gasteiger partial charge in [-0.1, -0.05) is 18.6 Å². The van der Waals surface area contributed by atoms with Crippen molar-refractivity contribution >= 4 is 5.91 Å². The molecule has 17 heavy (non-hydrogen) atoms. The summed E-state index contributed by atoms with van der Waals surface area (Å²) in [7, 11) is 0. The standard InChI is InChI=1S/C14H24N2O/c1-11-9-15-10-13(11)14(17)16-8-7-12-5-3-2-4-6-12/h5,11,13,15H,2-4,6-10H2,1H3,(H,16,17). The predicted molar refractivity (Wildman–Crippen MR) is 69.7 cm³/mol. The minimum atomic E-state index is 0.176. The Morgan fingerprint density at radius 1 is 1.47 bits per heavy atom. The second-order valence-corrected chi connectivity index (χ2v) is 5.39. The van der Waals surface area contributed by atoms with E-state index in [1.54, 1.807) is 0 Å². The smallest absolute Gasteiger partial charge is 0.224 e. The Bertz CT molecular complexity index is 299. The summed E-state index contributed by atoms with van der Waals surface area (Å²) in [6.45, 7) is 4.78. The van der Waals surface area contributed by atoms with Crippen LogP contribution in [0.4, 0.5) is 0 Å². The second-order valence-electron chi connectivity index (χ2n) is 5.39. The summed E-state index contributed by atoms with van der Waals surface area (Å²) in [4.78, 5) is 11.9. The molecule has 3 heteroatoms. The third-order valence-electron chi connectivity index (χ3n) is 3.98. The van der Waals surface area contributed by atoms with Gasteiger partial charge in [-0.3, -0.25) is 4.79 Å². The van der Waals surface area contributed by atoms with E-state index in [2.05, 4.69) is 23.6 Å². The van der Waals surface area contributed by atoms with Crippen molar-refractivity contribution in [3.8, 4) is 0 Å². The van der Waals surface area contributed by atoms with Crippen molar-refractivity contribution in [3.63, 3.8) is 0 Å². The molecule has 0 radical (unpaired) electrons. The normalized spacial score (nSPS) is 28.9. The highest BCUT2D eigenvalue weighted by molar-refractivity contribution is 5.79. The maximum Gasteiger partial charge on any atom is 0.224 e. The number of carbonyl (C=O) groups is 1. The number of rotatable bonds is 4. The number of nitrogens with one attached hydrogen (secondary N) is 2. The fourth-order valence-corrected chi connectivity index (χ4v) is 2.77. The first-order chi connectivity index (χ1) is 8.27. The van der Waals surface area contributed by atoms with E-state index in [0.717, 1.165) is 26.1 Å². The van der Waals surface area contributed by atoms with Gasteiger partial charge in [-0.05, 0) is 44.6 Å². The average Bonchev–Trinajstić information content (AvgIpc) is 2.77. The minimum absolute atomic E-state index is 0.176. The second kappa shape index (κ2) is 6.20. The van der Waals surface area contributed by atoms with Crippen molar-refractivity contribution < 1.29 is 4.79 Å². The summed E-state index contributed by atoms with van der Waals surface area (Å²) < 4.78 is 0. The van der Waals surface area contributed by atoms with Crippen LogP contribution in [0.15, 0.2) is 11.6 Å². The lowest BCUT2D eigenvalue weighted by Gasteiger charge is -2.16. The first-order valence-corrected chi connectivity index (χ1v) is 6.93. The predicted octanol–water partition coefficient (Wildman–Crippen LogP) is 1.85. The van der Waals surface area contributed by atoms with Gasteiger partial charge >= 0.3 is 0 Å². The average molecular weight is 236 g/mol. The summed E-state index contributed by atoms with van der Waals surface area (Å²) in [6, 6.07) is 0. The molecule has 3 nitrogen and oxygen atoms in total. The quantitative estimate of drug-likeness (QED) is 0.731. The molecule has 2 N–H and O–H groups in total. The molecule has 0 spiro atoms. The highest BCUT2D eigenvalue weighted by Gasteiger charge is 2.29. The minimum Gasteiger partial charge on any atom is -0.355 e. The molecule has 1 saturated heterocycles. The topological polar surface area (TPSA) is 41.1 Å². The van der Waals surface area contributed by atoms with Gasteiger partial charge < -0.3 is 10.6 Å². The molecule has 2 aliphatic rings. The molecule has 1 aliphatic carbocycles. The van der Waals surface area contributed by atoms with Crippen molar-refractivity contribution in [2.75, 3.05) is 19.6 Å². The summed E-state index contributed by atoms with van der Waals surface area (Å²) >= 11 is 0. The Kier molecular flexibility index (Phi) is 4.60. The molecule has 0 bridgehead atoms. The molecule has 2 atom stereocenters. The van der Waals surface area contributed by atoms with E-state index in [1.807, 2.05) is 0 Å². The van der Waals surface area contributed by atoms with E-state index in [9.17, 15) is 4.79 Å². The van der Waals surface area contributed by atoms with Crippen LogP contribution in [-0.4, -0.2) is 25.5 Å². The van der Waals surface area contributed by atoms with Gasteiger partial charge in [0, 0.05) is 13.1 Å². The van der Waals surface area contributed by atoms with Crippen molar-refractivity contribution in [2.24, 2.45) is 11.8 Å². The first kappa shape index (κ1) is 12.6. The SMILES string of the molecule is CC1CNCC1C(=O)NCCC1=CCCCC1. The van der Waals surface area contributed by atoms with E-state index in [0.29, 0.717) is 5.92 Å². The van der Waals surface area contributed by atoms with Crippen LogP contribution >= 0.6 is 0 Å². The lowest BCUT2D eigenvalue weighted by Crippen LogP contribution is -2.35. The number of carbonyl (C=O) groups excluding carboxylic acids is 1. The Morgan fingerprint density at radius 3 is 3.00 bits per heavy atom. The Labute approximate surface area is 104 Å². The third kappa shape index (κ3) is 3.56. The molecule has 96 valence electrons. The van der Waals surface area contributed by atoms with Crippen LogP contribution < -0.4 is 10.6 Å². The first-order valence-electron chi connectivity index (χ1n) is 6.93. The highest BCUT2D eigenvalue weighted by atomic mass is 16.1. The zero-order valence-corrected chi connectivity index (χ0v) is 10.8. The number of hydrogen-bond donors (Lipinski definition) is 2. The molecular weight excluding hydrogens is 212 g/mol. The Hall–Kier alpha value is -0.830. The lowest BCUT2D eigenvalue weighted by molar-refractivity contribution is -0.125. The van der Waals surface area contributed by atoms with Gasteiger partial charge in [-0.15, -0.1) is 0 Å². The molecule has 0 aromatic carbocycles. The molecule has 1 heterocycles. The third-order valence-corrected chi connectivity index (χ3v) is 3.98. The van der Waals surface area contributed by atoms with Gasteiger partial charge in [0.15, 0.2) is 0 Å². The van der Waals surface area contributed by atoms with Crippen LogP contribution in [0.5, 0.6) is 0 Å². The molecule has 2 unspecified atom stereocenters. The summed E-state index contributed by atoms with van der Waals surface area (Å²) in [5, 5.41) is 6.35. The zero-order chi connectivity index (χ0) is 12.1. The van der Waals surface area contributed by atoms with Gasteiger partial charge in [-0.25, -0.2) is 0 Å². The summed E-state index contributed by atoms with van der Waals surface area (Å²) in [5.41, 5.74) is 1.54. The van der Waals surface area contributed by atoms with Crippen LogP contribution in [0.1, 0.15) is 39.0 Å². The molecule has 1 fully saturated rings. The van der Waals surface area contributed by atoms with Crippen molar-refractivity contribution in [2.45, 2.75) is 39.0 Å². The molecular formula is C14H24N2O. The highest BCUT2D eigenvalue weighted by Crippen LogP contribution is 2.20. The van der Waals surface area contributed by atoms with Gasteiger partial charge in [0.05, 0.1) is 5.92 Å². The maximum absolute atomic E-state index is 11.9. The monoisotopic (exact) mass is 236 g/mol. The Morgan fingerprint density at radius 2 is 2.35 bits per heavy atom. The number of allylic oxidation sites excluding steroid dienone is 1. The molecule has 0 aromatic heterocycles. The van der Waals surface area contributed by atoms with Crippen LogP contribution in [0, 0.1) is 11.8 Å². The van der Waals surface area contributed by atoms with E-state index in [4.69, 9.17) is 0 Å². The molecule has 1 aliphatic heterocycles. The van der Waals surface area contributed by atoms with Crippen LogP contribution in [0.3, 0.4) is 0 Å². The fourth-order valence-electron chi connectivity index (χ4n) is 2.77. The van der Waals surface area contributed by atoms with E-state index < -0.39 is 0 Å². The van der Waals surface area contributed by atoms with Crippen LogP contribution in [0.2, 0.25) is 0 Å².